The van der Waals surface area contributed by atoms with Crippen LogP contribution in [0.2, 0.25) is 0 Å². The lowest BCUT2D eigenvalue weighted by Crippen LogP contribution is -2.73. The van der Waals surface area contributed by atoms with E-state index >= 15 is 0 Å². The summed E-state index contributed by atoms with van der Waals surface area (Å²) in [6, 6.07) is -3.37. The maximum atomic E-state index is 12.2. The molecule has 7 heteroatoms. The second-order valence-corrected chi connectivity index (χ2v) is 11.6. The van der Waals surface area contributed by atoms with E-state index < -0.39 is 40.5 Å². The summed E-state index contributed by atoms with van der Waals surface area (Å²) in [4.78, 5) is 36.6. The minimum absolute atomic E-state index is 0.131. The summed E-state index contributed by atoms with van der Waals surface area (Å²) < 4.78 is -0.466. The number of allylic oxidation sites excluding steroid dienone is 1. The van der Waals surface area contributed by atoms with Gasteiger partial charge < -0.3 is 20.1 Å². The van der Waals surface area contributed by atoms with Gasteiger partial charge in [-0.2, -0.15) is 0 Å². The number of hydrogen-bond acceptors (Lipinski definition) is 4. The van der Waals surface area contributed by atoms with E-state index in [1.165, 1.54) is 83.5 Å². The van der Waals surface area contributed by atoms with E-state index in [0.29, 0.717) is 6.42 Å². The normalized spacial score (nSPS) is 15.2. The molecule has 0 fully saturated rings. The van der Waals surface area contributed by atoms with E-state index in [1.807, 2.05) is 6.08 Å². The monoisotopic (exact) mass is 567 g/mol. The average molecular weight is 568 g/mol. The highest BCUT2D eigenvalue weighted by Crippen LogP contribution is 2.32. The van der Waals surface area contributed by atoms with E-state index in [1.54, 1.807) is 20.8 Å². The van der Waals surface area contributed by atoms with Crippen LogP contribution in [-0.4, -0.2) is 57.3 Å². The predicted octanol–water partition coefficient (Wildman–Crippen LogP) is 7.27. The Balaban J connectivity index is 4.45. The van der Waals surface area contributed by atoms with Gasteiger partial charge in [0.05, 0.1) is 12.5 Å². The van der Waals surface area contributed by atoms with Gasteiger partial charge in [0.15, 0.2) is 12.1 Å². The third kappa shape index (κ3) is 14.1. The molecule has 0 saturated carbocycles. The van der Waals surface area contributed by atoms with Crippen molar-refractivity contribution in [3.63, 3.8) is 0 Å². The summed E-state index contributed by atoms with van der Waals surface area (Å²) in [6.07, 6.45) is 24.2. The van der Waals surface area contributed by atoms with Crippen LogP contribution in [0, 0.1) is 0 Å². The molecule has 0 aromatic carbocycles. The largest absolute Gasteiger partial charge is 0.544 e. The summed E-state index contributed by atoms with van der Waals surface area (Å²) in [5.41, 5.74) is 0. The molecular weight excluding hydrogens is 506 g/mol. The SMILES string of the molecule is C=CCCCCCCCCCCCCCCCCCCC[N+](C(CC)C(=O)[O-])(C(CC)C(=O)O)C(CC)C(=O)O. The van der Waals surface area contributed by atoms with E-state index in [4.69, 9.17) is 0 Å². The Morgan fingerprint density at radius 3 is 1.15 bits per heavy atom. The number of aliphatic carboxylic acids is 3. The van der Waals surface area contributed by atoms with Crippen LogP contribution in [0.3, 0.4) is 0 Å². The fourth-order valence-corrected chi connectivity index (χ4v) is 6.59. The van der Waals surface area contributed by atoms with E-state index in [2.05, 4.69) is 6.58 Å². The Kier molecular flexibility index (Phi) is 22.7. The van der Waals surface area contributed by atoms with Gasteiger partial charge in [0, 0.05) is 19.3 Å². The van der Waals surface area contributed by atoms with Gasteiger partial charge in [-0.05, 0) is 25.7 Å². The first kappa shape index (κ1) is 38.1. The molecule has 0 rings (SSSR count). The van der Waals surface area contributed by atoms with Gasteiger partial charge in [-0.3, -0.25) is 4.48 Å². The fourth-order valence-electron chi connectivity index (χ4n) is 6.59. The van der Waals surface area contributed by atoms with Crippen molar-refractivity contribution in [3.8, 4) is 0 Å². The number of carbonyl (C=O) groups is 3. The van der Waals surface area contributed by atoms with Gasteiger partial charge in [-0.25, -0.2) is 9.59 Å². The van der Waals surface area contributed by atoms with Gasteiger partial charge in [0.2, 0.25) is 0 Å². The average Bonchev–Trinajstić information content (AvgIpc) is 2.90. The molecule has 0 aliphatic rings. The first-order chi connectivity index (χ1) is 19.2. The third-order valence-electron chi connectivity index (χ3n) is 8.70. The van der Waals surface area contributed by atoms with Crippen LogP contribution in [0.5, 0.6) is 0 Å². The molecule has 7 nitrogen and oxygen atoms in total. The molecule has 0 heterocycles. The molecule has 3 unspecified atom stereocenters. The topological polar surface area (TPSA) is 115 Å². The lowest BCUT2D eigenvalue weighted by molar-refractivity contribution is -0.974. The Hall–Kier alpha value is -1.89. The van der Waals surface area contributed by atoms with Crippen LogP contribution in [0.1, 0.15) is 156 Å². The van der Waals surface area contributed by atoms with Gasteiger partial charge in [0.1, 0.15) is 6.04 Å². The Bertz CT molecular complexity index is 639. The second kappa shape index (κ2) is 23.8. The molecule has 0 amide bonds. The van der Waals surface area contributed by atoms with Gasteiger partial charge in [-0.1, -0.05) is 117 Å². The zero-order valence-electron chi connectivity index (χ0n) is 26.0. The molecule has 234 valence electrons. The first-order valence-electron chi connectivity index (χ1n) is 16.4. The van der Waals surface area contributed by atoms with Crippen LogP contribution < -0.4 is 5.11 Å². The van der Waals surface area contributed by atoms with Crippen molar-refractivity contribution in [1.82, 2.24) is 0 Å². The maximum Gasteiger partial charge on any atom is 0.362 e. The Labute approximate surface area is 245 Å². The van der Waals surface area contributed by atoms with Gasteiger partial charge in [-0.15, -0.1) is 6.58 Å². The van der Waals surface area contributed by atoms with Crippen molar-refractivity contribution >= 4 is 17.9 Å². The molecule has 2 N–H and O–H groups in total. The van der Waals surface area contributed by atoms with Crippen LogP contribution in [-0.2, 0) is 14.4 Å². The second-order valence-electron chi connectivity index (χ2n) is 11.6. The number of nitrogens with zero attached hydrogens (tertiary/aromatic N) is 1. The number of quaternary nitrogens is 1. The van der Waals surface area contributed by atoms with E-state index in [-0.39, 0.29) is 25.8 Å². The highest BCUT2D eigenvalue weighted by molar-refractivity contribution is 5.77. The molecule has 0 aromatic rings. The van der Waals surface area contributed by atoms with E-state index in [9.17, 15) is 29.7 Å². The van der Waals surface area contributed by atoms with Crippen LogP contribution >= 0.6 is 0 Å². The molecular formula is C33H61NO6. The molecule has 0 aliphatic carbocycles. The van der Waals surface area contributed by atoms with E-state index in [0.717, 1.165) is 25.7 Å². The molecule has 0 saturated heterocycles. The smallest absolute Gasteiger partial charge is 0.362 e. The minimum atomic E-state index is -1.36. The van der Waals surface area contributed by atoms with Crippen LogP contribution in [0.15, 0.2) is 12.7 Å². The molecule has 0 bridgehead atoms. The number of carbonyl (C=O) groups excluding carboxylic acids is 1. The zero-order chi connectivity index (χ0) is 30.2. The lowest BCUT2D eigenvalue weighted by Gasteiger charge is -2.51. The summed E-state index contributed by atoms with van der Waals surface area (Å²) in [6.45, 7) is 9.04. The summed E-state index contributed by atoms with van der Waals surface area (Å²) in [5.74, 6) is -3.65. The number of unbranched alkanes of at least 4 members (excludes halogenated alkanes) is 17. The number of carboxylic acids is 3. The van der Waals surface area contributed by atoms with Gasteiger partial charge in [0.25, 0.3) is 0 Å². The summed E-state index contributed by atoms with van der Waals surface area (Å²) in [7, 11) is 0. The standard InChI is InChI=1S/C33H61NO6/c1-5-9-10-11-12-13-14-15-16-17-18-19-20-21-22-23-24-25-26-27-34(28(6-2)31(35)36,29(7-3)32(37)38)30(8-4)33(39)40/h5,28-30H,1,6-27H2,2-4H3,(H2-,35,36,37,38,39,40). The lowest BCUT2D eigenvalue weighted by atomic mass is 9.93. The van der Waals surface area contributed by atoms with Crippen molar-refractivity contribution in [1.29, 1.82) is 0 Å². The molecule has 0 spiro atoms. The van der Waals surface area contributed by atoms with Crippen molar-refractivity contribution in [2.24, 2.45) is 0 Å². The first-order valence-corrected chi connectivity index (χ1v) is 16.4. The quantitative estimate of drug-likeness (QED) is 0.0558. The van der Waals surface area contributed by atoms with Crippen molar-refractivity contribution in [2.75, 3.05) is 6.54 Å². The molecule has 0 aliphatic heterocycles. The van der Waals surface area contributed by atoms with Crippen molar-refractivity contribution in [2.45, 2.75) is 174 Å². The highest BCUT2D eigenvalue weighted by atomic mass is 16.4. The number of carboxylic acid groups (broad SMARTS) is 3. The molecule has 0 radical (unpaired) electrons. The maximum absolute atomic E-state index is 12.2. The predicted molar refractivity (Wildman–Crippen MR) is 161 cm³/mol. The van der Waals surface area contributed by atoms with Gasteiger partial charge >= 0.3 is 11.9 Å². The molecule has 40 heavy (non-hydrogen) atoms. The summed E-state index contributed by atoms with van der Waals surface area (Å²) >= 11 is 0. The third-order valence-corrected chi connectivity index (χ3v) is 8.70. The number of rotatable bonds is 29. The highest BCUT2D eigenvalue weighted by Gasteiger charge is 2.53. The minimum Gasteiger partial charge on any atom is -0.544 e. The zero-order valence-corrected chi connectivity index (χ0v) is 26.0. The van der Waals surface area contributed by atoms with Crippen LogP contribution in [0.4, 0.5) is 0 Å². The van der Waals surface area contributed by atoms with Crippen LogP contribution in [0.25, 0.3) is 0 Å². The Morgan fingerprint density at radius 2 is 0.900 bits per heavy atom. The van der Waals surface area contributed by atoms with Crippen molar-refractivity contribution in [3.05, 3.63) is 12.7 Å². The molecule has 0 aromatic heterocycles. The number of hydrogen-bond donors (Lipinski definition) is 2. The summed E-state index contributed by atoms with van der Waals surface area (Å²) in [5, 5.41) is 32.1. The Morgan fingerprint density at radius 1 is 0.600 bits per heavy atom. The molecule has 3 atom stereocenters. The van der Waals surface area contributed by atoms with Crippen molar-refractivity contribution < 1.29 is 34.2 Å². The fraction of sp³-hybridized carbons (Fsp3) is 0.848.